The molecule has 0 aliphatic carbocycles. The van der Waals surface area contributed by atoms with Crippen molar-refractivity contribution in [2.75, 3.05) is 13.2 Å². The molecule has 7 heteroatoms. The van der Waals surface area contributed by atoms with Crippen LogP contribution in [0, 0.1) is 0 Å². The van der Waals surface area contributed by atoms with Crippen molar-refractivity contribution in [3.8, 4) is 0 Å². The van der Waals surface area contributed by atoms with E-state index in [4.69, 9.17) is 0 Å². The third kappa shape index (κ3) is 5.97. The van der Waals surface area contributed by atoms with E-state index in [1.807, 2.05) is 0 Å². The molecule has 1 aromatic rings. The molecule has 0 unspecified atom stereocenters. The highest BCUT2D eigenvalue weighted by molar-refractivity contribution is 4.96. The van der Waals surface area contributed by atoms with E-state index in [9.17, 15) is 13.2 Å². The number of hydrogen-bond acceptors (Lipinski definition) is 4. The van der Waals surface area contributed by atoms with E-state index >= 15 is 0 Å². The van der Waals surface area contributed by atoms with Crippen LogP contribution in [0.1, 0.15) is 5.69 Å². The molecular weight excluding hydrogens is 211 g/mol. The van der Waals surface area contributed by atoms with Crippen LogP contribution in [0.25, 0.3) is 0 Å². The van der Waals surface area contributed by atoms with Gasteiger partial charge in [0, 0.05) is 19.3 Å². The second-order valence-electron chi connectivity index (χ2n) is 2.67. The first-order valence-corrected chi connectivity index (χ1v) is 4.24. The minimum absolute atomic E-state index is 0.115. The van der Waals surface area contributed by atoms with Crippen LogP contribution in [0.4, 0.5) is 13.2 Å². The Morgan fingerprint density at radius 1 is 1.40 bits per heavy atom. The van der Waals surface area contributed by atoms with Crippen molar-refractivity contribution < 1.29 is 17.9 Å². The molecular formula is C8H10F3N3O. The summed E-state index contributed by atoms with van der Waals surface area (Å²) in [5, 5.41) is 2.76. The van der Waals surface area contributed by atoms with Crippen LogP contribution in [0.2, 0.25) is 0 Å². The fourth-order valence-corrected chi connectivity index (χ4v) is 0.878. The predicted molar refractivity (Wildman–Crippen MR) is 45.7 cm³/mol. The molecule has 0 fully saturated rings. The number of halogens is 3. The summed E-state index contributed by atoms with van der Waals surface area (Å²) < 4.78 is 38.2. The molecule has 0 radical (unpaired) electrons. The molecule has 0 spiro atoms. The Balaban J connectivity index is 2.08. The Morgan fingerprint density at radius 3 is 2.80 bits per heavy atom. The number of nitrogens with zero attached hydrogens (tertiary/aromatic N) is 2. The fraction of sp³-hybridized carbons (Fsp3) is 0.500. The van der Waals surface area contributed by atoms with Crippen LogP contribution in [-0.4, -0.2) is 29.5 Å². The fourth-order valence-electron chi connectivity index (χ4n) is 0.878. The van der Waals surface area contributed by atoms with E-state index < -0.39 is 13.0 Å². The highest BCUT2D eigenvalue weighted by Crippen LogP contribution is 2.15. The quantitative estimate of drug-likeness (QED) is 0.756. The van der Waals surface area contributed by atoms with E-state index in [2.05, 4.69) is 20.0 Å². The zero-order chi connectivity index (χ0) is 11.1. The molecule has 0 saturated carbocycles. The van der Waals surface area contributed by atoms with Crippen LogP contribution in [-0.2, 0) is 11.3 Å². The van der Waals surface area contributed by atoms with Gasteiger partial charge < -0.3 is 5.32 Å². The summed E-state index contributed by atoms with van der Waals surface area (Å²) in [6.07, 6.45) is -1.62. The first-order valence-electron chi connectivity index (χ1n) is 4.24. The van der Waals surface area contributed by atoms with E-state index in [-0.39, 0.29) is 6.54 Å². The van der Waals surface area contributed by atoms with Crippen LogP contribution >= 0.6 is 0 Å². The molecule has 1 heterocycles. The molecule has 0 saturated heterocycles. The summed E-state index contributed by atoms with van der Waals surface area (Å²) in [7, 11) is 0. The molecule has 4 nitrogen and oxygen atoms in total. The van der Waals surface area contributed by atoms with Gasteiger partial charge in [-0.2, -0.15) is 0 Å². The van der Waals surface area contributed by atoms with E-state index in [0.29, 0.717) is 6.54 Å². The SMILES string of the molecule is FC(F)(F)OCCNCc1ccncn1. The minimum Gasteiger partial charge on any atom is -0.309 e. The second-order valence-corrected chi connectivity index (χ2v) is 2.67. The second kappa shape index (κ2) is 5.62. The lowest BCUT2D eigenvalue weighted by Crippen LogP contribution is -2.24. The van der Waals surface area contributed by atoms with Gasteiger partial charge in [0.25, 0.3) is 0 Å². The Hall–Kier alpha value is -1.21. The molecule has 84 valence electrons. The van der Waals surface area contributed by atoms with Gasteiger partial charge in [-0.05, 0) is 6.07 Å². The summed E-state index contributed by atoms with van der Waals surface area (Å²) in [6, 6.07) is 1.68. The third-order valence-electron chi connectivity index (χ3n) is 1.49. The van der Waals surface area contributed by atoms with E-state index in [1.54, 1.807) is 12.3 Å². The Labute approximate surface area is 84.5 Å². The standard InChI is InChI=1S/C8H10F3N3O/c9-8(10,11)15-4-3-12-5-7-1-2-13-6-14-7/h1-2,6,12H,3-5H2. The Bertz CT molecular complexity index is 278. The average Bonchev–Trinajstić information content (AvgIpc) is 2.17. The first kappa shape index (κ1) is 11.9. The van der Waals surface area contributed by atoms with Crippen LogP contribution < -0.4 is 5.32 Å². The number of alkyl halides is 3. The van der Waals surface area contributed by atoms with Crippen LogP contribution in [0.3, 0.4) is 0 Å². The largest absolute Gasteiger partial charge is 0.522 e. The molecule has 1 N–H and O–H groups in total. The van der Waals surface area contributed by atoms with Gasteiger partial charge in [-0.3, -0.25) is 4.74 Å². The van der Waals surface area contributed by atoms with Crippen LogP contribution in [0.5, 0.6) is 0 Å². The van der Waals surface area contributed by atoms with Gasteiger partial charge in [-0.1, -0.05) is 0 Å². The minimum atomic E-state index is -4.56. The van der Waals surface area contributed by atoms with Gasteiger partial charge in [0.1, 0.15) is 6.33 Å². The van der Waals surface area contributed by atoms with Crippen molar-refractivity contribution in [1.29, 1.82) is 0 Å². The van der Waals surface area contributed by atoms with Gasteiger partial charge in [-0.15, -0.1) is 13.2 Å². The average molecular weight is 221 g/mol. The molecule has 0 aliphatic rings. The van der Waals surface area contributed by atoms with Crippen molar-refractivity contribution >= 4 is 0 Å². The van der Waals surface area contributed by atoms with Crippen molar-refractivity contribution in [1.82, 2.24) is 15.3 Å². The molecule has 15 heavy (non-hydrogen) atoms. The highest BCUT2D eigenvalue weighted by atomic mass is 19.4. The Morgan fingerprint density at radius 2 is 2.20 bits per heavy atom. The molecule has 0 aromatic carbocycles. The summed E-state index contributed by atoms with van der Waals surface area (Å²) in [4.78, 5) is 7.60. The lowest BCUT2D eigenvalue weighted by atomic mass is 10.4. The van der Waals surface area contributed by atoms with Crippen molar-refractivity contribution in [2.45, 2.75) is 12.9 Å². The lowest BCUT2D eigenvalue weighted by Gasteiger charge is -2.07. The molecule has 1 rings (SSSR count). The maximum Gasteiger partial charge on any atom is 0.522 e. The predicted octanol–water partition coefficient (Wildman–Crippen LogP) is 1.10. The number of hydrogen-bond donors (Lipinski definition) is 1. The number of ether oxygens (including phenoxy) is 1. The lowest BCUT2D eigenvalue weighted by molar-refractivity contribution is -0.323. The summed E-state index contributed by atoms with van der Waals surface area (Å²) in [5.74, 6) is 0. The molecule has 1 aromatic heterocycles. The summed E-state index contributed by atoms with van der Waals surface area (Å²) >= 11 is 0. The Kier molecular flexibility index (Phi) is 4.44. The van der Waals surface area contributed by atoms with Crippen molar-refractivity contribution in [3.63, 3.8) is 0 Å². The summed E-state index contributed by atoms with van der Waals surface area (Å²) in [6.45, 7) is 0.0990. The molecule has 0 bridgehead atoms. The van der Waals surface area contributed by atoms with Crippen molar-refractivity contribution in [2.24, 2.45) is 0 Å². The zero-order valence-corrected chi connectivity index (χ0v) is 7.79. The smallest absolute Gasteiger partial charge is 0.309 e. The van der Waals surface area contributed by atoms with Gasteiger partial charge in [0.2, 0.25) is 0 Å². The first-order chi connectivity index (χ1) is 7.08. The number of rotatable bonds is 5. The van der Waals surface area contributed by atoms with E-state index in [0.717, 1.165) is 5.69 Å². The van der Waals surface area contributed by atoms with Gasteiger partial charge in [0.15, 0.2) is 0 Å². The monoisotopic (exact) mass is 221 g/mol. The van der Waals surface area contributed by atoms with E-state index in [1.165, 1.54) is 6.33 Å². The van der Waals surface area contributed by atoms with Crippen molar-refractivity contribution in [3.05, 3.63) is 24.3 Å². The number of aromatic nitrogens is 2. The maximum atomic E-state index is 11.5. The number of nitrogens with one attached hydrogen (secondary N) is 1. The highest BCUT2D eigenvalue weighted by Gasteiger charge is 2.28. The maximum absolute atomic E-state index is 11.5. The molecule has 0 atom stereocenters. The molecule has 0 aliphatic heterocycles. The topological polar surface area (TPSA) is 47.0 Å². The van der Waals surface area contributed by atoms with Crippen LogP contribution in [0.15, 0.2) is 18.6 Å². The van der Waals surface area contributed by atoms with Gasteiger partial charge in [0.05, 0.1) is 12.3 Å². The zero-order valence-electron chi connectivity index (χ0n) is 7.79. The third-order valence-corrected chi connectivity index (χ3v) is 1.49. The van der Waals surface area contributed by atoms with Gasteiger partial charge >= 0.3 is 6.36 Å². The normalized spacial score (nSPS) is 11.7. The summed E-state index contributed by atoms with van der Waals surface area (Å²) in [5.41, 5.74) is 0.719. The molecule has 0 amide bonds. The van der Waals surface area contributed by atoms with Gasteiger partial charge in [-0.25, -0.2) is 9.97 Å².